The van der Waals surface area contributed by atoms with Crippen molar-refractivity contribution in [1.29, 1.82) is 0 Å². The number of benzene rings is 2. The molecule has 0 radical (unpaired) electrons. The Labute approximate surface area is 144 Å². The highest BCUT2D eigenvalue weighted by molar-refractivity contribution is 9.11. The van der Waals surface area contributed by atoms with Crippen LogP contribution in [0.3, 0.4) is 0 Å². The van der Waals surface area contributed by atoms with Gasteiger partial charge in [0.15, 0.2) is 0 Å². The third-order valence-electron chi connectivity index (χ3n) is 2.64. The zero-order valence-electron chi connectivity index (χ0n) is 10.3. The van der Waals surface area contributed by atoms with Crippen LogP contribution in [0.2, 0.25) is 0 Å². The predicted octanol–water partition coefficient (Wildman–Crippen LogP) is 6.59. The fourth-order valence-corrected chi connectivity index (χ4v) is 3.57. The number of rotatable bonds is 3. The third-order valence-corrected chi connectivity index (χ3v) is 4.87. The second-order valence-electron chi connectivity index (χ2n) is 4.15. The first-order chi connectivity index (χ1) is 9.76. The van der Waals surface area contributed by atoms with E-state index in [2.05, 4.69) is 52.5 Å². The van der Waals surface area contributed by atoms with Crippen molar-refractivity contribution in [3.63, 3.8) is 0 Å². The lowest BCUT2D eigenvalue weighted by Gasteiger charge is -2.14. The summed E-state index contributed by atoms with van der Waals surface area (Å²) >= 11 is 10.4. The van der Waals surface area contributed by atoms with E-state index in [1.54, 1.807) is 12.1 Å². The average Bonchev–Trinajstić information content (AvgIpc) is 2.40. The molecule has 2 aromatic carbocycles. The molecule has 2 rings (SSSR count). The summed E-state index contributed by atoms with van der Waals surface area (Å²) in [7, 11) is 0. The lowest BCUT2D eigenvalue weighted by Crippen LogP contribution is -2.17. The summed E-state index contributed by atoms with van der Waals surface area (Å²) in [5.74, 6) is -0.237. The van der Waals surface area contributed by atoms with Crippen molar-refractivity contribution in [2.45, 2.75) is 11.2 Å². The second kappa shape index (κ2) is 6.71. The van der Waals surface area contributed by atoms with Gasteiger partial charge in [-0.25, -0.2) is 0 Å². The molecule has 0 aromatic heterocycles. The first-order valence-electron chi connectivity index (χ1n) is 5.71. The van der Waals surface area contributed by atoms with Crippen molar-refractivity contribution in [3.05, 3.63) is 62.5 Å². The standard InChI is InChI=1S/C14H8Br3F3O/c15-9-3-6-12(16)11(7-9)13(17)8-1-4-10(5-2-8)21-14(18,19)20/h1-7,13H. The van der Waals surface area contributed by atoms with Gasteiger partial charge in [-0.3, -0.25) is 0 Å². The molecule has 0 heterocycles. The van der Waals surface area contributed by atoms with E-state index in [4.69, 9.17) is 0 Å². The number of hydrogen-bond acceptors (Lipinski definition) is 1. The Hall–Kier alpha value is -0.530. The number of ether oxygens (including phenoxy) is 1. The summed E-state index contributed by atoms with van der Waals surface area (Å²) in [6.45, 7) is 0. The second-order valence-corrected chi connectivity index (χ2v) is 6.83. The molecular weight excluding hydrogens is 481 g/mol. The number of alkyl halides is 4. The van der Waals surface area contributed by atoms with Gasteiger partial charge in [0.25, 0.3) is 0 Å². The van der Waals surface area contributed by atoms with Crippen LogP contribution in [0.15, 0.2) is 51.4 Å². The minimum atomic E-state index is -4.68. The van der Waals surface area contributed by atoms with E-state index in [9.17, 15) is 13.2 Å². The maximum atomic E-state index is 12.1. The van der Waals surface area contributed by atoms with Gasteiger partial charge in [0.05, 0.1) is 4.83 Å². The van der Waals surface area contributed by atoms with Gasteiger partial charge in [-0.1, -0.05) is 59.9 Å². The van der Waals surface area contributed by atoms with Crippen LogP contribution in [-0.2, 0) is 0 Å². The molecule has 0 N–H and O–H groups in total. The molecule has 0 saturated heterocycles. The van der Waals surface area contributed by atoms with E-state index in [0.29, 0.717) is 0 Å². The Morgan fingerprint density at radius 3 is 2.14 bits per heavy atom. The maximum Gasteiger partial charge on any atom is 0.573 e. The summed E-state index contributed by atoms with van der Waals surface area (Å²) in [5, 5.41) is 0. The topological polar surface area (TPSA) is 9.23 Å². The third kappa shape index (κ3) is 4.72. The van der Waals surface area contributed by atoms with Crippen molar-refractivity contribution >= 4 is 47.8 Å². The summed E-state index contributed by atoms with van der Waals surface area (Å²) in [4.78, 5) is -0.149. The molecule has 0 amide bonds. The minimum absolute atomic E-state index is 0.149. The van der Waals surface area contributed by atoms with Gasteiger partial charge in [-0.2, -0.15) is 0 Å². The zero-order chi connectivity index (χ0) is 15.6. The van der Waals surface area contributed by atoms with Crippen LogP contribution in [-0.4, -0.2) is 6.36 Å². The quantitative estimate of drug-likeness (QED) is 0.443. The van der Waals surface area contributed by atoms with Crippen LogP contribution in [0.1, 0.15) is 16.0 Å². The molecule has 1 atom stereocenters. The lowest BCUT2D eigenvalue weighted by atomic mass is 10.0. The number of halogens is 6. The highest BCUT2D eigenvalue weighted by atomic mass is 79.9. The first kappa shape index (κ1) is 16.8. The molecule has 0 saturated carbocycles. The fraction of sp³-hybridized carbons (Fsp3) is 0.143. The van der Waals surface area contributed by atoms with E-state index in [-0.39, 0.29) is 10.6 Å². The molecule has 0 aliphatic heterocycles. The van der Waals surface area contributed by atoms with Gasteiger partial charge < -0.3 is 4.74 Å². The van der Waals surface area contributed by atoms with Gasteiger partial charge in [0, 0.05) is 8.95 Å². The van der Waals surface area contributed by atoms with Gasteiger partial charge >= 0.3 is 6.36 Å². The molecule has 1 unspecified atom stereocenters. The van der Waals surface area contributed by atoms with Crippen molar-refractivity contribution in [3.8, 4) is 5.75 Å². The summed E-state index contributed by atoms with van der Waals surface area (Å²) in [6, 6.07) is 11.5. The monoisotopic (exact) mass is 486 g/mol. The van der Waals surface area contributed by atoms with Gasteiger partial charge in [0.2, 0.25) is 0 Å². The predicted molar refractivity (Wildman–Crippen MR) is 85.7 cm³/mol. The van der Waals surface area contributed by atoms with Crippen molar-refractivity contribution < 1.29 is 17.9 Å². The molecule has 112 valence electrons. The zero-order valence-corrected chi connectivity index (χ0v) is 15.1. The normalized spacial score (nSPS) is 13.0. The summed E-state index contributed by atoms with van der Waals surface area (Å²) in [5.41, 5.74) is 1.79. The molecule has 7 heteroatoms. The summed E-state index contributed by atoms with van der Waals surface area (Å²) in [6.07, 6.45) is -4.68. The van der Waals surface area contributed by atoms with Crippen molar-refractivity contribution in [2.24, 2.45) is 0 Å². The van der Waals surface area contributed by atoms with Gasteiger partial charge in [-0.15, -0.1) is 13.2 Å². The van der Waals surface area contributed by atoms with Crippen molar-refractivity contribution in [1.82, 2.24) is 0 Å². The van der Waals surface area contributed by atoms with Crippen LogP contribution >= 0.6 is 47.8 Å². The smallest absolute Gasteiger partial charge is 0.406 e. The molecule has 1 nitrogen and oxygen atoms in total. The van der Waals surface area contributed by atoms with Crippen LogP contribution in [0.25, 0.3) is 0 Å². The molecule has 0 aliphatic carbocycles. The maximum absolute atomic E-state index is 12.1. The Morgan fingerprint density at radius 2 is 1.57 bits per heavy atom. The van der Waals surface area contributed by atoms with E-state index in [1.165, 1.54) is 12.1 Å². The van der Waals surface area contributed by atoms with E-state index in [1.807, 2.05) is 18.2 Å². The van der Waals surface area contributed by atoms with E-state index >= 15 is 0 Å². The van der Waals surface area contributed by atoms with Gasteiger partial charge in [-0.05, 0) is 41.5 Å². The molecule has 21 heavy (non-hydrogen) atoms. The molecule has 0 aliphatic rings. The molecular formula is C14H8Br3F3O. The van der Waals surface area contributed by atoms with E-state index < -0.39 is 6.36 Å². The number of hydrogen-bond donors (Lipinski definition) is 0. The van der Waals surface area contributed by atoms with Crippen LogP contribution in [0.4, 0.5) is 13.2 Å². The highest BCUT2D eigenvalue weighted by Gasteiger charge is 2.31. The van der Waals surface area contributed by atoms with E-state index in [0.717, 1.165) is 20.1 Å². The Bertz CT molecular complexity index is 626. The van der Waals surface area contributed by atoms with Crippen LogP contribution in [0, 0.1) is 0 Å². The fourth-order valence-electron chi connectivity index (χ4n) is 1.73. The molecule has 0 spiro atoms. The molecule has 2 aromatic rings. The largest absolute Gasteiger partial charge is 0.573 e. The Morgan fingerprint density at radius 1 is 0.952 bits per heavy atom. The first-order valence-corrected chi connectivity index (χ1v) is 8.21. The molecule has 0 fully saturated rings. The summed E-state index contributed by atoms with van der Waals surface area (Å²) < 4.78 is 42.0. The average molecular weight is 489 g/mol. The highest BCUT2D eigenvalue weighted by Crippen LogP contribution is 2.37. The molecule has 0 bridgehead atoms. The van der Waals surface area contributed by atoms with Crippen LogP contribution in [0.5, 0.6) is 5.75 Å². The Kier molecular flexibility index (Phi) is 5.38. The minimum Gasteiger partial charge on any atom is -0.406 e. The van der Waals surface area contributed by atoms with Gasteiger partial charge in [0.1, 0.15) is 5.75 Å². The van der Waals surface area contributed by atoms with Crippen molar-refractivity contribution in [2.75, 3.05) is 0 Å². The Balaban J connectivity index is 2.24. The SMILES string of the molecule is FC(F)(F)Oc1ccc(C(Br)c2cc(Br)ccc2Br)cc1. The van der Waals surface area contributed by atoms with Crippen LogP contribution < -0.4 is 4.74 Å². The lowest BCUT2D eigenvalue weighted by molar-refractivity contribution is -0.274.